The van der Waals surface area contributed by atoms with Gasteiger partial charge in [-0.1, -0.05) is 75.6 Å². The van der Waals surface area contributed by atoms with Gasteiger partial charge in [0.15, 0.2) is 6.10 Å². The molecule has 1 N–H and O–H groups in total. The molecule has 0 radical (unpaired) electrons. The van der Waals surface area contributed by atoms with Crippen molar-refractivity contribution in [3.63, 3.8) is 0 Å². The Hall–Kier alpha value is -2.28. The molecule has 1 saturated heterocycles. The predicted octanol–water partition coefficient (Wildman–Crippen LogP) is 4.51. The maximum Gasteiger partial charge on any atom is 0.308 e. The fourth-order valence-corrected chi connectivity index (χ4v) is 4.02. The summed E-state index contributed by atoms with van der Waals surface area (Å²) in [5.41, 5.74) is 0. The summed E-state index contributed by atoms with van der Waals surface area (Å²) in [4.78, 5) is 39.2. The summed E-state index contributed by atoms with van der Waals surface area (Å²) in [5.74, 6) is -0.811. The van der Waals surface area contributed by atoms with Crippen LogP contribution in [0.2, 0.25) is 5.02 Å². The molecule has 0 bridgehead atoms. The van der Waals surface area contributed by atoms with E-state index in [-0.39, 0.29) is 18.2 Å². The molecule has 0 spiro atoms. The number of nitrogens with zero attached hydrogens (tertiary/aromatic N) is 1. The van der Waals surface area contributed by atoms with Gasteiger partial charge in [0.1, 0.15) is 11.8 Å². The number of para-hydroxylation sites is 1. The summed E-state index contributed by atoms with van der Waals surface area (Å²) in [7, 11) is 0. The van der Waals surface area contributed by atoms with Gasteiger partial charge in [-0.15, -0.1) is 0 Å². The van der Waals surface area contributed by atoms with Gasteiger partial charge in [0.2, 0.25) is 5.91 Å². The van der Waals surface area contributed by atoms with Crippen molar-refractivity contribution in [3.05, 3.63) is 29.3 Å². The molecule has 2 atom stereocenters. The second kappa shape index (κ2) is 14.8. The minimum Gasteiger partial charge on any atom is -0.479 e. The number of amides is 2. The second-order valence-electron chi connectivity index (χ2n) is 8.43. The zero-order valence-corrected chi connectivity index (χ0v) is 20.6. The van der Waals surface area contributed by atoms with Crippen molar-refractivity contribution in [2.45, 2.75) is 83.8 Å². The zero-order valence-electron chi connectivity index (χ0n) is 19.8. The Kier molecular flexibility index (Phi) is 12.1. The third-order valence-corrected chi connectivity index (χ3v) is 6.04. The fourth-order valence-electron chi connectivity index (χ4n) is 3.83. The highest BCUT2D eigenvalue weighted by atomic mass is 35.5. The Labute approximate surface area is 202 Å². The number of nitrogens with one attached hydrogen (secondary N) is 1. The highest BCUT2D eigenvalue weighted by Crippen LogP contribution is 2.25. The number of benzene rings is 1. The number of hydrogen-bond donors (Lipinski definition) is 1. The molecule has 2 rings (SSSR count). The molecule has 1 aromatic carbocycles. The number of piperazine rings is 1. The zero-order chi connectivity index (χ0) is 24.1. The first kappa shape index (κ1) is 27.0. The smallest absolute Gasteiger partial charge is 0.308 e. The van der Waals surface area contributed by atoms with E-state index >= 15 is 0 Å². The van der Waals surface area contributed by atoms with Crippen molar-refractivity contribution in [2.24, 2.45) is 0 Å². The van der Waals surface area contributed by atoms with Crippen LogP contribution >= 0.6 is 11.6 Å². The maximum absolute atomic E-state index is 13.0. The van der Waals surface area contributed by atoms with Gasteiger partial charge in [-0.3, -0.25) is 14.4 Å². The predicted molar refractivity (Wildman–Crippen MR) is 128 cm³/mol. The summed E-state index contributed by atoms with van der Waals surface area (Å²) in [6.45, 7) is 4.78. The van der Waals surface area contributed by atoms with Crippen molar-refractivity contribution >= 4 is 29.4 Å². The molecule has 8 heteroatoms. The summed E-state index contributed by atoms with van der Waals surface area (Å²) in [5, 5.41) is 3.12. The fraction of sp³-hybridized carbons (Fsp3) is 0.640. The Bertz CT molecular complexity index is 773. The number of unbranched alkanes of at least 4 members (excludes halogenated alkanes) is 7. The number of carbonyl (C=O) groups excluding carboxylic acids is 3. The minimum absolute atomic E-state index is 0.173. The van der Waals surface area contributed by atoms with E-state index in [9.17, 15) is 14.4 Å². The average molecular weight is 481 g/mol. The lowest BCUT2D eigenvalue weighted by molar-refractivity contribution is -0.154. The van der Waals surface area contributed by atoms with Gasteiger partial charge in [-0.25, -0.2) is 0 Å². The molecule has 184 valence electrons. The van der Waals surface area contributed by atoms with E-state index in [4.69, 9.17) is 21.1 Å². The lowest BCUT2D eigenvalue weighted by Crippen LogP contribution is -2.60. The SMILES string of the molecule is CCCCCCCCCCOC(=O)CC1C(=O)NCCN1C(=O)C(C)Oc1ccccc1Cl. The van der Waals surface area contributed by atoms with Gasteiger partial charge >= 0.3 is 5.97 Å². The van der Waals surface area contributed by atoms with Gasteiger partial charge in [-0.05, 0) is 25.5 Å². The molecular weight excluding hydrogens is 444 g/mol. The molecule has 0 aliphatic carbocycles. The van der Waals surface area contributed by atoms with Crippen LogP contribution in [0.5, 0.6) is 5.75 Å². The van der Waals surface area contributed by atoms with Crippen LogP contribution in [-0.4, -0.2) is 54.5 Å². The molecule has 1 heterocycles. The van der Waals surface area contributed by atoms with Gasteiger partial charge in [0.25, 0.3) is 5.91 Å². The first-order valence-electron chi connectivity index (χ1n) is 12.1. The molecular formula is C25H37ClN2O5. The van der Waals surface area contributed by atoms with Crippen LogP contribution < -0.4 is 10.1 Å². The molecule has 1 fully saturated rings. The maximum atomic E-state index is 13.0. The van der Waals surface area contributed by atoms with Crippen LogP contribution in [0.25, 0.3) is 0 Å². The highest BCUT2D eigenvalue weighted by Gasteiger charge is 2.37. The molecule has 2 unspecified atom stereocenters. The Morgan fingerprint density at radius 2 is 1.79 bits per heavy atom. The van der Waals surface area contributed by atoms with Crippen molar-refractivity contribution < 1.29 is 23.9 Å². The average Bonchev–Trinajstić information content (AvgIpc) is 2.80. The Morgan fingerprint density at radius 3 is 2.48 bits per heavy atom. The monoisotopic (exact) mass is 480 g/mol. The molecule has 0 saturated carbocycles. The minimum atomic E-state index is -0.908. The summed E-state index contributed by atoms with van der Waals surface area (Å²) < 4.78 is 11.0. The van der Waals surface area contributed by atoms with E-state index in [1.165, 1.54) is 37.0 Å². The Morgan fingerprint density at radius 1 is 1.12 bits per heavy atom. The van der Waals surface area contributed by atoms with Crippen molar-refractivity contribution in [3.8, 4) is 5.75 Å². The third-order valence-electron chi connectivity index (χ3n) is 5.72. The van der Waals surface area contributed by atoms with E-state index < -0.39 is 18.1 Å². The van der Waals surface area contributed by atoms with E-state index in [1.807, 2.05) is 0 Å². The van der Waals surface area contributed by atoms with Crippen molar-refractivity contribution in [1.82, 2.24) is 10.2 Å². The van der Waals surface area contributed by atoms with Crippen LogP contribution in [0, 0.1) is 0 Å². The molecule has 7 nitrogen and oxygen atoms in total. The number of halogens is 1. The number of carbonyl (C=O) groups is 3. The van der Waals surface area contributed by atoms with E-state index in [0.29, 0.717) is 30.5 Å². The summed E-state index contributed by atoms with van der Waals surface area (Å²) in [6.07, 6.45) is 8.22. The van der Waals surface area contributed by atoms with Crippen LogP contribution in [0.15, 0.2) is 24.3 Å². The first-order valence-corrected chi connectivity index (χ1v) is 12.5. The van der Waals surface area contributed by atoms with Gasteiger partial charge < -0.3 is 19.7 Å². The van der Waals surface area contributed by atoms with E-state index in [1.54, 1.807) is 31.2 Å². The standard InChI is InChI=1S/C25H37ClN2O5/c1-3-4-5-6-7-8-9-12-17-32-23(29)18-21-24(30)27-15-16-28(21)25(31)19(2)33-22-14-11-10-13-20(22)26/h10-11,13-14,19,21H,3-9,12,15-18H2,1-2H3,(H,27,30). The van der Waals surface area contributed by atoms with Gasteiger partial charge in [0.05, 0.1) is 18.1 Å². The van der Waals surface area contributed by atoms with Crippen molar-refractivity contribution in [2.75, 3.05) is 19.7 Å². The largest absolute Gasteiger partial charge is 0.479 e. The van der Waals surface area contributed by atoms with Gasteiger partial charge in [0, 0.05) is 13.1 Å². The molecule has 33 heavy (non-hydrogen) atoms. The molecule has 2 amide bonds. The lowest BCUT2D eigenvalue weighted by atomic mass is 10.1. The first-order chi connectivity index (χ1) is 15.9. The molecule has 1 aliphatic heterocycles. The number of rotatable bonds is 14. The highest BCUT2D eigenvalue weighted by molar-refractivity contribution is 6.32. The van der Waals surface area contributed by atoms with Crippen LogP contribution in [0.1, 0.15) is 71.6 Å². The topological polar surface area (TPSA) is 84.9 Å². The van der Waals surface area contributed by atoms with Gasteiger partial charge in [-0.2, -0.15) is 0 Å². The van der Waals surface area contributed by atoms with Crippen LogP contribution in [0.3, 0.4) is 0 Å². The second-order valence-corrected chi connectivity index (χ2v) is 8.84. The van der Waals surface area contributed by atoms with E-state index in [2.05, 4.69) is 12.2 Å². The number of esters is 1. The molecule has 1 aliphatic rings. The van der Waals surface area contributed by atoms with Crippen LogP contribution in [-0.2, 0) is 19.1 Å². The molecule has 1 aromatic rings. The summed E-state index contributed by atoms with van der Waals surface area (Å²) in [6, 6.07) is 5.97. The van der Waals surface area contributed by atoms with Crippen molar-refractivity contribution in [1.29, 1.82) is 0 Å². The van der Waals surface area contributed by atoms with E-state index in [0.717, 1.165) is 19.3 Å². The number of ether oxygens (including phenoxy) is 2. The Balaban J connectivity index is 1.79. The quantitative estimate of drug-likeness (QED) is 0.313. The lowest BCUT2D eigenvalue weighted by Gasteiger charge is -2.36. The van der Waals surface area contributed by atoms with Crippen LogP contribution in [0.4, 0.5) is 0 Å². The number of hydrogen-bond acceptors (Lipinski definition) is 5. The summed E-state index contributed by atoms with van der Waals surface area (Å²) >= 11 is 6.11. The normalized spacial score (nSPS) is 16.8. The third kappa shape index (κ3) is 9.24. The molecule has 0 aromatic heterocycles.